The highest BCUT2D eigenvalue weighted by Gasteiger charge is 2.28. The normalized spacial score (nSPS) is 16.2. The molecule has 0 bridgehead atoms. The third-order valence-electron chi connectivity index (χ3n) is 9.95. The van der Waals surface area contributed by atoms with E-state index in [4.69, 9.17) is 14.4 Å². The maximum Gasteiger partial charge on any atom is 0.307 e. The average Bonchev–Trinajstić information content (AvgIpc) is 3.91. The summed E-state index contributed by atoms with van der Waals surface area (Å²) < 4.78 is 6.28. The number of fused-ring (bicyclic) bond motifs is 2. The molecule has 1 saturated heterocycles. The first-order valence-corrected chi connectivity index (χ1v) is 16.9. The lowest BCUT2D eigenvalue weighted by Gasteiger charge is -2.16. The maximum atomic E-state index is 11.4. The van der Waals surface area contributed by atoms with Gasteiger partial charge in [0.05, 0.1) is 11.5 Å². The highest BCUT2D eigenvalue weighted by atomic mass is 16.4. The first-order valence-electron chi connectivity index (χ1n) is 16.9. The van der Waals surface area contributed by atoms with Crippen LogP contribution >= 0.6 is 0 Å². The number of hydrogen-bond acceptors (Lipinski definition) is 9. The van der Waals surface area contributed by atoms with Crippen molar-refractivity contribution < 1.29 is 14.3 Å². The van der Waals surface area contributed by atoms with E-state index in [1.165, 1.54) is 0 Å². The molecule has 3 aromatic heterocycles. The standard InChI is InChI=1S/C40H35N7O3/c1-23-30(31-7-4-9-33(24(31)2)45-38-36-26(11-14-43-38)18-29(20-44-36)34-10-5-13-42-34)6-3-8-32(23)39-46-35-17-25(16-28(19-41)37(35)50-39)21-47-15-12-27(22-47)40(48)49/h3-4,6-9,11,14,16-18,20,27H,5,10,12-13,15,21-22H2,1-2H3,(H,43,45)(H,48,49)/t27-/m1/s1. The van der Waals surface area contributed by atoms with Gasteiger partial charge in [-0.25, -0.2) is 9.97 Å². The number of carboxylic acid groups (broad SMARTS) is 1. The fourth-order valence-corrected chi connectivity index (χ4v) is 7.25. The van der Waals surface area contributed by atoms with E-state index in [0.717, 1.165) is 80.6 Å². The molecule has 2 N–H and O–H groups in total. The highest BCUT2D eigenvalue weighted by Crippen LogP contribution is 2.38. The molecule has 248 valence electrons. The number of nitrogens with one attached hydrogen (secondary N) is 1. The van der Waals surface area contributed by atoms with Crippen molar-refractivity contribution in [2.24, 2.45) is 10.9 Å². The number of aliphatic carboxylic acids is 1. The van der Waals surface area contributed by atoms with Crippen LogP contribution in [0.5, 0.6) is 0 Å². The molecule has 2 aliphatic heterocycles. The van der Waals surface area contributed by atoms with Crippen molar-refractivity contribution in [2.45, 2.75) is 39.7 Å². The number of rotatable bonds is 8. The number of benzene rings is 3. The van der Waals surface area contributed by atoms with E-state index < -0.39 is 5.97 Å². The lowest BCUT2D eigenvalue weighted by atomic mass is 9.93. The van der Waals surface area contributed by atoms with Gasteiger partial charge in [0, 0.05) is 59.9 Å². The zero-order valence-corrected chi connectivity index (χ0v) is 27.9. The second-order valence-corrected chi connectivity index (χ2v) is 13.1. The smallest absolute Gasteiger partial charge is 0.307 e. The summed E-state index contributed by atoms with van der Waals surface area (Å²) in [6, 6.07) is 22.4. The van der Waals surface area contributed by atoms with Crippen LogP contribution in [0.2, 0.25) is 0 Å². The maximum absolute atomic E-state index is 11.4. The number of anilines is 2. The number of pyridine rings is 2. The van der Waals surface area contributed by atoms with Gasteiger partial charge in [-0.2, -0.15) is 5.26 Å². The molecule has 0 aliphatic carbocycles. The number of nitriles is 1. The van der Waals surface area contributed by atoms with Crippen molar-refractivity contribution in [2.75, 3.05) is 25.0 Å². The van der Waals surface area contributed by atoms with Crippen molar-refractivity contribution in [1.82, 2.24) is 19.9 Å². The van der Waals surface area contributed by atoms with Crippen molar-refractivity contribution in [3.63, 3.8) is 0 Å². The van der Waals surface area contributed by atoms with Crippen LogP contribution in [0.15, 0.2) is 82.5 Å². The number of aromatic nitrogens is 3. The molecule has 3 aromatic carbocycles. The zero-order chi connectivity index (χ0) is 34.4. The summed E-state index contributed by atoms with van der Waals surface area (Å²) in [6.45, 7) is 6.78. The second-order valence-electron chi connectivity index (χ2n) is 13.1. The van der Waals surface area contributed by atoms with Crippen LogP contribution in [0, 0.1) is 31.1 Å². The summed E-state index contributed by atoms with van der Waals surface area (Å²) >= 11 is 0. The van der Waals surface area contributed by atoms with E-state index in [1.54, 1.807) is 0 Å². The van der Waals surface area contributed by atoms with Gasteiger partial charge in [-0.15, -0.1) is 0 Å². The van der Waals surface area contributed by atoms with E-state index in [0.29, 0.717) is 54.4 Å². The molecule has 6 aromatic rings. The summed E-state index contributed by atoms with van der Waals surface area (Å²) in [4.78, 5) is 32.5. The largest absolute Gasteiger partial charge is 0.481 e. The van der Waals surface area contributed by atoms with Gasteiger partial charge in [0.2, 0.25) is 5.89 Å². The van der Waals surface area contributed by atoms with Crippen LogP contribution in [0.3, 0.4) is 0 Å². The highest BCUT2D eigenvalue weighted by molar-refractivity contribution is 6.04. The minimum atomic E-state index is -0.763. The Bertz CT molecular complexity index is 2390. The van der Waals surface area contributed by atoms with Gasteiger partial charge >= 0.3 is 5.97 Å². The molecule has 0 radical (unpaired) electrons. The van der Waals surface area contributed by atoms with Crippen LogP contribution in [0.4, 0.5) is 11.5 Å². The Balaban J connectivity index is 1.10. The van der Waals surface area contributed by atoms with Gasteiger partial charge < -0.3 is 14.8 Å². The SMILES string of the molecule is Cc1c(Nc2nccc3cc(C4=NCCC4)cnc23)cccc1-c1cccc(-c2nc3cc(CN4CC[C@@H](C(=O)O)C4)cc(C#N)c3o2)c1C. The van der Waals surface area contributed by atoms with Crippen molar-refractivity contribution in [1.29, 1.82) is 5.26 Å². The van der Waals surface area contributed by atoms with Crippen LogP contribution < -0.4 is 5.32 Å². The van der Waals surface area contributed by atoms with Crippen molar-refractivity contribution >= 4 is 45.2 Å². The van der Waals surface area contributed by atoms with Crippen LogP contribution in [0.1, 0.15) is 47.1 Å². The number of hydrogen-bond donors (Lipinski definition) is 2. The fraction of sp³-hybridized carbons (Fsp3) is 0.250. The van der Waals surface area contributed by atoms with Crippen molar-refractivity contribution in [3.05, 3.63) is 101 Å². The molecule has 10 nitrogen and oxygen atoms in total. The molecule has 0 saturated carbocycles. The van der Waals surface area contributed by atoms with E-state index in [9.17, 15) is 15.2 Å². The van der Waals surface area contributed by atoms with E-state index in [-0.39, 0.29) is 5.92 Å². The zero-order valence-electron chi connectivity index (χ0n) is 27.9. The Kier molecular flexibility index (Phi) is 8.05. The Hall–Kier alpha value is -5.92. The number of aliphatic imine (C=N–C) groups is 1. The molecule has 2 aliphatic rings. The third-order valence-corrected chi connectivity index (χ3v) is 9.95. The molecule has 8 rings (SSSR count). The Morgan fingerprint density at radius 2 is 1.88 bits per heavy atom. The monoisotopic (exact) mass is 661 g/mol. The summed E-state index contributed by atoms with van der Waals surface area (Å²) in [6.07, 6.45) is 6.40. The molecule has 1 atom stereocenters. The number of carbonyl (C=O) groups is 1. The van der Waals surface area contributed by atoms with Crippen LogP contribution in [-0.4, -0.2) is 56.3 Å². The molecule has 10 heteroatoms. The van der Waals surface area contributed by atoms with Gasteiger partial charge in [0.15, 0.2) is 11.4 Å². The summed E-state index contributed by atoms with van der Waals surface area (Å²) in [7, 11) is 0. The summed E-state index contributed by atoms with van der Waals surface area (Å²) in [5.41, 5.74) is 11.3. The minimum Gasteiger partial charge on any atom is -0.481 e. The van der Waals surface area contributed by atoms with Crippen LogP contribution in [0.25, 0.3) is 44.6 Å². The van der Waals surface area contributed by atoms with Crippen LogP contribution in [-0.2, 0) is 11.3 Å². The quantitative estimate of drug-likeness (QED) is 0.167. The van der Waals surface area contributed by atoms with Gasteiger partial charge in [-0.1, -0.05) is 24.3 Å². The Morgan fingerprint density at radius 1 is 1.06 bits per heavy atom. The molecule has 0 amide bonds. The Labute approximate surface area is 289 Å². The van der Waals surface area contributed by atoms with Crippen molar-refractivity contribution in [3.8, 4) is 28.7 Å². The molecule has 1 fully saturated rings. The van der Waals surface area contributed by atoms with E-state index >= 15 is 0 Å². The Morgan fingerprint density at radius 3 is 2.66 bits per heavy atom. The molecular weight excluding hydrogens is 626 g/mol. The number of carboxylic acids is 1. The van der Waals surface area contributed by atoms with Gasteiger partial charge in [0.1, 0.15) is 17.1 Å². The second kappa shape index (κ2) is 12.8. The molecule has 0 spiro atoms. The van der Waals surface area contributed by atoms with Gasteiger partial charge in [-0.3, -0.25) is 19.7 Å². The molecule has 5 heterocycles. The fourth-order valence-electron chi connectivity index (χ4n) is 7.25. The minimum absolute atomic E-state index is 0.360. The molecule has 0 unspecified atom stereocenters. The molecule has 50 heavy (non-hydrogen) atoms. The predicted octanol–water partition coefficient (Wildman–Crippen LogP) is 7.83. The van der Waals surface area contributed by atoms with Gasteiger partial charge in [-0.05, 0) is 104 Å². The summed E-state index contributed by atoms with van der Waals surface area (Å²) in [5.74, 6) is 0.0151. The lowest BCUT2D eigenvalue weighted by Crippen LogP contribution is -2.22. The van der Waals surface area contributed by atoms with E-state index in [2.05, 4.69) is 58.3 Å². The first-order chi connectivity index (χ1) is 24.4. The lowest BCUT2D eigenvalue weighted by molar-refractivity contribution is -0.141. The average molecular weight is 662 g/mol. The van der Waals surface area contributed by atoms with Gasteiger partial charge in [0.25, 0.3) is 0 Å². The number of likely N-dealkylation sites (tertiary alicyclic amines) is 1. The van der Waals surface area contributed by atoms with E-state index in [1.807, 2.05) is 54.9 Å². The topological polar surface area (TPSA) is 141 Å². The molecular formula is C40H35N7O3. The predicted molar refractivity (Wildman–Crippen MR) is 194 cm³/mol. The number of oxazole rings is 1. The number of nitrogens with zero attached hydrogens (tertiary/aromatic N) is 6. The summed E-state index contributed by atoms with van der Waals surface area (Å²) in [5, 5.41) is 24.0. The third kappa shape index (κ3) is 5.76. The first kappa shape index (κ1) is 31.4.